The van der Waals surface area contributed by atoms with Crippen molar-refractivity contribution in [3.05, 3.63) is 30.3 Å². The Bertz CT molecular complexity index is 458. The summed E-state index contributed by atoms with van der Waals surface area (Å²) in [5.74, 6) is 1.01. The number of hydrogen-bond acceptors (Lipinski definition) is 3. The third kappa shape index (κ3) is 2.65. The molecule has 3 nitrogen and oxygen atoms in total. The molecule has 0 atom stereocenters. The van der Waals surface area contributed by atoms with E-state index in [1.54, 1.807) is 0 Å². The zero-order valence-electron chi connectivity index (χ0n) is 9.52. The van der Waals surface area contributed by atoms with Gasteiger partial charge < -0.3 is 14.5 Å². The van der Waals surface area contributed by atoms with Crippen LogP contribution in [0.15, 0.2) is 35.4 Å². The molecule has 0 radical (unpaired) electrons. The van der Waals surface area contributed by atoms with E-state index in [1.807, 2.05) is 17.8 Å². The predicted molar refractivity (Wildman–Crippen MR) is 69.3 cm³/mol. The van der Waals surface area contributed by atoms with Gasteiger partial charge in [0.2, 0.25) is 0 Å². The Morgan fingerprint density at radius 3 is 2.88 bits per heavy atom. The summed E-state index contributed by atoms with van der Waals surface area (Å²) in [4.78, 5) is 3.40. The van der Waals surface area contributed by atoms with Gasteiger partial charge in [-0.25, -0.2) is 0 Å². The van der Waals surface area contributed by atoms with Gasteiger partial charge >= 0.3 is 0 Å². The predicted octanol–water partition coefficient (Wildman–Crippen LogP) is 3.02. The second-order valence-electron chi connectivity index (χ2n) is 4.03. The van der Waals surface area contributed by atoms with Gasteiger partial charge in [0.1, 0.15) is 0 Å². The minimum absolute atomic E-state index is 0.00637. The van der Waals surface area contributed by atoms with Crippen LogP contribution in [0.3, 0.4) is 0 Å². The first-order valence-electron chi connectivity index (χ1n) is 5.85. The maximum atomic E-state index is 5.40. The smallest absolute Gasteiger partial charge is 0.158 e. The molecular weight excluding hydrogens is 234 g/mol. The van der Waals surface area contributed by atoms with Gasteiger partial charge in [0.25, 0.3) is 0 Å². The molecule has 1 aliphatic rings. The number of thioether (sulfide) groups is 1. The molecule has 1 saturated heterocycles. The summed E-state index contributed by atoms with van der Waals surface area (Å²) in [6.45, 7) is 1.48. The van der Waals surface area contributed by atoms with Gasteiger partial charge in [0, 0.05) is 23.1 Å². The van der Waals surface area contributed by atoms with Gasteiger partial charge in [-0.2, -0.15) is 0 Å². The van der Waals surface area contributed by atoms with Gasteiger partial charge in [-0.3, -0.25) is 0 Å². The minimum atomic E-state index is 0.00637. The number of para-hydroxylation sites is 1. The molecule has 0 aliphatic carbocycles. The number of aromatic amines is 1. The largest absolute Gasteiger partial charge is 0.350 e. The molecule has 1 N–H and O–H groups in total. The third-order valence-electron chi connectivity index (χ3n) is 2.81. The van der Waals surface area contributed by atoms with E-state index in [9.17, 15) is 0 Å². The second kappa shape index (κ2) is 5.12. The Kier molecular flexibility index (Phi) is 3.36. The van der Waals surface area contributed by atoms with E-state index in [1.165, 1.54) is 15.9 Å². The molecule has 0 amide bonds. The molecule has 17 heavy (non-hydrogen) atoms. The first-order chi connectivity index (χ1) is 8.42. The van der Waals surface area contributed by atoms with Crippen LogP contribution in [0.2, 0.25) is 0 Å². The van der Waals surface area contributed by atoms with E-state index in [-0.39, 0.29) is 6.29 Å². The highest BCUT2D eigenvalue weighted by molar-refractivity contribution is 7.99. The van der Waals surface area contributed by atoms with E-state index in [0.717, 1.165) is 25.4 Å². The number of fused-ring (bicyclic) bond motifs is 1. The van der Waals surface area contributed by atoms with Crippen LogP contribution < -0.4 is 0 Å². The normalized spacial score (nSPS) is 16.9. The molecule has 0 bridgehead atoms. The molecule has 2 heterocycles. The van der Waals surface area contributed by atoms with Gasteiger partial charge in [-0.1, -0.05) is 18.2 Å². The lowest BCUT2D eigenvalue weighted by molar-refractivity contribution is -0.0421. The molecule has 2 aromatic rings. The van der Waals surface area contributed by atoms with E-state index < -0.39 is 0 Å². The highest BCUT2D eigenvalue weighted by Gasteiger charge is 2.15. The van der Waals surface area contributed by atoms with Crippen LogP contribution in [0.4, 0.5) is 0 Å². The van der Waals surface area contributed by atoms with Crippen molar-refractivity contribution in [1.29, 1.82) is 0 Å². The number of hydrogen-bond donors (Lipinski definition) is 1. The Hall–Kier alpha value is -0.970. The lowest BCUT2D eigenvalue weighted by atomic mass is 10.3. The Labute approximate surface area is 104 Å². The SMILES string of the molecule is c1ccc2[nH]c(SCCC3OCCO3)cc2c1. The van der Waals surface area contributed by atoms with E-state index in [2.05, 4.69) is 29.2 Å². The van der Waals surface area contributed by atoms with Gasteiger partial charge in [-0.05, 0) is 12.1 Å². The highest BCUT2D eigenvalue weighted by Crippen LogP contribution is 2.24. The minimum Gasteiger partial charge on any atom is -0.350 e. The van der Waals surface area contributed by atoms with E-state index >= 15 is 0 Å². The zero-order valence-corrected chi connectivity index (χ0v) is 10.3. The molecule has 1 fully saturated rings. The lowest BCUT2D eigenvalue weighted by Crippen LogP contribution is -2.08. The van der Waals surface area contributed by atoms with Crippen molar-refractivity contribution in [2.45, 2.75) is 17.7 Å². The molecule has 0 unspecified atom stereocenters. The monoisotopic (exact) mass is 249 g/mol. The standard InChI is InChI=1S/C13H15NO2S/c1-2-4-11-10(3-1)9-12(14-11)17-8-5-13-15-6-7-16-13/h1-4,9,13-14H,5-8H2. The molecule has 1 aliphatic heterocycles. The summed E-state index contributed by atoms with van der Waals surface area (Å²) < 4.78 is 10.8. The molecule has 90 valence electrons. The van der Waals surface area contributed by atoms with Crippen molar-refractivity contribution in [2.75, 3.05) is 19.0 Å². The summed E-state index contributed by atoms with van der Waals surface area (Å²) in [6, 6.07) is 10.5. The fourth-order valence-electron chi connectivity index (χ4n) is 1.96. The number of nitrogens with one attached hydrogen (secondary N) is 1. The average Bonchev–Trinajstić information content (AvgIpc) is 2.96. The summed E-state index contributed by atoms with van der Waals surface area (Å²) in [5.41, 5.74) is 1.20. The number of H-pyrrole nitrogens is 1. The summed E-state index contributed by atoms with van der Waals surface area (Å²) in [5, 5.41) is 2.48. The van der Waals surface area contributed by atoms with Crippen molar-refractivity contribution < 1.29 is 9.47 Å². The average molecular weight is 249 g/mol. The Morgan fingerprint density at radius 1 is 1.24 bits per heavy atom. The van der Waals surface area contributed by atoms with Crippen molar-refractivity contribution in [3.8, 4) is 0 Å². The molecule has 4 heteroatoms. The molecule has 3 rings (SSSR count). The van der Waals surface area contributed by atoms with Gasteiger partial charge in [0.05, 0.1) is 18.2 Å². The van der Waals surface area contributed by atoms with Crippen molar-refractivity contribution in [3.63, 3.8) is 0 Å². The topological polar surface area (TPSA) is 34.2 Å². The van der Waals surface area contributed by atoms with Crippen molar-refractivity contribution in [2.24, 2.45) is 0 Å². The fourth-order valence-corrected chi connectivity index (χ4v) is 2.89. The molecular formula is C13H15NO2S. The number of ether oxygens (including phenoxy) is 2. The summed E-state index contributed by atoms with van der Waals surface area (Å²) in [7, 11) is 0. The van der Waals surface area contributed by atoms with Crippen LogP contribution in [-0.4, -0.2) is 30.2 Å². The second-order valence-corrected chi connectivity index (χ2v) is 5.17. The zero-order chi connectivity index (χ0) is 11.5. The maximum Gasteiger partial charge on any atom is 0.158 e. The maximum absolute atomic E-state index is 5.40. The van der Waals surface area contributed by atoms with Crippen LogP contribution in [0.5, 0.6) is 0 Å². The summed E-state index contributed by atoms with van der Waals surface area (Å²) >= 11 is 1.82. The van der Waals surface area contributed by atoms with E-state index in [0.29, 0.717) is 0 Å². The Morgan fingerprint density at radius 2 is 2.06 bits per heavy atom. The van der Waals surface area contributed by atoms with Gasteiger partial charge in [0.15, 0.2) is 6.29 Å². The highest BCUT2D eigenvalue weighted by atomic mass is 32.2. The molecule has 1 aromatic heterocycles. The quantitative estimate of drug-likeness (QED) is 0.846. The number of aromatic nitrogens is 1. The van der Waals surface area contributed by atoms with E-state index in [4.69, 9.17) is 9.47 Å². The number of rotatable bonds is 4. The van der Waals surface area contributed by atoms with Crippen LogP contribution in [-0.2, 0) is 9.47 Å². The first kappa shape index (κ1) is 11.1. The van der Waals surface area contributed by atoms with Crippen LogP contribution >= 0.6 is 11.8 Å². The summed E-state index contributed by atoms with van der Waals surface area (Å²) in [6.07, 6.45) is 0.951. The Balaban J connectivity index is 1.57. The fraction of sp³-hybridized carbons (Fsp3) is 0.385. The van der Waals surface area contributed by atoms with Crippen LogP contribution in [0, 0.1) is 0 Å². The molecule has 0 spiro atoms. The van der Waals surface area contributed by atoms with Crippen molar-refractivity contribution >= 4 is 22.7 Å². The lowest BCUT2D eigenvalue weighted by Gasteiger charge is -2.07. The van der Waals surface area contributed by atoms with Gasteiger partial charge in [-0.15, -0.1) is 11.8 Å². The number of benzene rings is 1. The van der Waals surface area contributed by atoms with Crippen LogP contribution in [0.25, 0.3) is 10.9 Å². The third-order valence-corrected chi connectivity index (χ3v) is 3.78. The molecule has 1 aromatic carbocycles. The van der Waals surface area contributed by atoms with Crippen molar-refractivity contribution in [1.82, 2.24) is 4.98 Å². The first-order valence-corrected chi connectivity index (χ1v) is 6.84. The molecule has 0 saturated carbocycles. The van der Waals surface area contributed by atoms with Crippen LogP contribution in [0.1, 0.15) is 6.42 Å².